The van der Waals surface area contributed by atoms with Gasteiger partial charge >= 0.3 is 0 Å². The highest BCUT2D eigenvalue weighted by atomic mass is 16.6. The van der Waals surface area contributed by atoms with Crippen LogP contribution in [-0.4, -0.2) is 30.6 Å². The molecule has 1 aliphatic heterocycles. The molecule has 0 saturated heterocycles. The largest absolute Gasteiger partial charge is 0.304 e. The van der Waals surface area contributed by atoms with Crippen LogP contribution < -0.4 is 5.90 Å². The van der Waals surface area contributed by atoms with Crippen molar-refractivity contribution in [1.82, 2.24) is 4.90 Å². The van der Waals surface area contributed by atoms with Crippen LogP contribution >= 0.6 is 0 Å². The summed E-state index contributed by atoms with van der Waals surface area (Å²) in [6.07, 6.45) is 4.45. The van der Waals surface area contributed by atoms with Gasteiger partial charge in [-0.25, -0.2) is 5.90 Å². The molecular weight excluding hydrogens is 164 g/mol. The summed E-state index contributed by atoms with van der Waals surface area (Å²) >= 11 is 0. The molecule has 0 saturated carbocycles. The van der Waals surface area contributed by atoms with Crippen molar-refractivity contribution in [3.05, 3.63) is 11.6 Å². The second kappa shape index (κ2) is 5.37. The van der Waals surface area contributed by atoms with Crippen molar-refractivity contribution in [1.29, 1.82) is 0 Å². The van der Waals surface area contributed by atoms with E-state index in [1.54, 1.807) is 0 Å². The molecule has 1 rings (SSSR count). The molecule has 0 atom stereocenters. The first-order valence-electron chi connectivity index (χ1n) is 4.97. The number of nitrogens with two attached hydrogens (primary N) is 1. The molecule has 3 nitrogen and oxygen atoms in total. The first-order chi connectivity index (χ1) is 6.24. The van der Waals surface area contributed by atoms with E-state index in [1.165, 1.54) is 12.1 Å². The van der Waals surface area contributed by atoms with Crippen LogP contribution in [0.4, 0.5) is 0 Å². The maximum absolute atomic E-state index is 5.00. The van der Waals surface area contributed by atoms with Gasteiger partial charge in [0.25, 0.3) is 0 Å². The van der Waals surface area contributed by atoms with Gasteiger partial charge in [0, 0.05) is 19.1 Å². The molecule has 0 fully saturated rings. The zero-order valence-corrected chi connectivity index (χ0v) is 8.62. The Morgan fingerprint density at radius 1 is 1.62 bits per heavy atom. The molecule has 76 valence electrons. The van der Waals surface area contributed by atoms with Crippen LogP contribution in [0.5, 0.6) is 0 Å². The van der Waals surface area contributed by atoms with E-state index in [1.807, 2.05) is 0 Å². The second-order valence-corrected chi connectivity index (χ2v) is 3.84. The molecule has 0 amide bonds. The molecule has 3 heteroatoms. The molecule has 0 aromatic heterocycles. The van der Waals surface area contributed by atoms with Crippen molar-refractivity contribution in [3.63, 3.8) is 0 Å². The highest BCUT2D eigenvalue weighted by Gasteiger charge is 2.14. The third kappa shape index (κ3) is 3.46. The fourth-order valence-corrected chi connectivity index (χ4v) is 1.65. The van der Waals surface area contributed by atoms with Crippen LogP contribution in [0, 0.1) is 0 Å². The highest BCUT2D eigenvalue weighted by molar-refractivity contribution is 5.08. The lowest BCUT2D eigenvalue weighted by atomic mass is 10.1. The lowest BCUT2D eigenvalue weighted by molar-refractivity contribution is 0.137. The zero-order valence-electron chi connectivity index (χ0n) is 8.62. The minimum absolute atomic E-state index is 0.637. The molecule has 0 aromatic carbocycles. The van der Waals surface area contributed by atoms with E-state index >= 15 is 0 Å². The summed E-state index contributed by atoms with van der Waals surface area (Å²) in [5.41, 5.74) is 1.46. The SMILES string of the molecule is CC(C)N1CCC=C(CCON)C1. The molecule has 0 unspecified atom stereocenters. The molecule has 0 radical (unpaired) electrons. The molecule has 13 heavy (non-hydrogen) atoms. The average molecular weight is 184 g/mol. The molecule has 0 aliphatic carbocycles. The van der Waals surface area contributed by atoms with Gasteiger partial charge in [-0.1, -0.05) is 11.6 Å². The molecule has 0 bridgehead atoms. The number of hydrogen-bond donors (Lipinski definition) is 1. The van der Waals surface area contributed by atoms with Crippen LogP contribution in [0.3, 0.4) is 0 Å². The van der Waals surface area contributed by atoms with Crippen LogP contribution in [0.25, 0.3) is 0 Å². The maximum Gasteiger partial charge on any atom is 0.0716 e. The molecule has 2 N–H and O–H groups in total. The van der Waals surface area contributed by atoms with Gasteiger partial charge < -0.3 is 4.84 Å². The Hall–Kier alpha value is -0.380. The summed E-state index contributed by atoms with van der Waals surface area (Å²) in [4.78, 5) is 7.06. The average Bonchev–Trinajstić information content (AvgIpc) is 2.15. The fourth-order valence-electron chi connectivity index (χ4n) is 1.65. The van der Waals surface area contributed by atoms with Crippen LogP contribution in [-0.2, 0) is 4.84 Å². The van der Waals surface area contributed by atoms with Crippen LogP contribution in [0.15, 0.2) is 11.6 Å². The summed E-state index contributed by atoms with van der Waals surface area (Å²) in [6, 6.07) is 0.641. The van der Waals surface area contributed by atoms with Gasteiger partial charge in [-0.2, -0.15) is 0 Å². The predicted molar refractivity (Wildman–Crippen MR) is 54.2 cm³/mol. The summed E-state index contributed by atoms with van der Waals surface area (Å²) < 4.78 is 0. The number of hydrogen-bond acceptors (Lipinski definition) is 3. The number of nitrogens with zero attached hydrogens (tertiary/aromatic N) is 1. The van der Waals surface area contributed by atoms with Crippen molar-refractivity contribution in [2.75, 3.05) is 19.7 Å². The van der Waals surface area contributed by atoms with Crippen molar-refractivity contribution in [2.24, 2.45) is 5.90 Å². The van der Waals surface area contributed by atoms with Crippen LogP contribution in [0.1, 0.15) is 26.7 Å². The smallest absolute Gasteiger partial charge is 0.0716 e. The molecule has 1 aliphatic rings. The van der Waals surface area contributed by atoms with Gasteiger partial charge in [0.05, 0.1) is 6.61 Å². The van der Waals surface area contributed by atoms with E-state index in [0.29, 0.717) is 12.6 Å². The third-order valence-electron chi connectivity index (χ3n) is 2.53. The van der Waals surface area contributed by atoms with Crippen molar-refractivity contribution < 1.29 is 4.84 Å². The quantitative estimate of drug-likeness (QED) is 0.529. The lowest BCUT2D eigenvalue weighted by Crippen LogP contribution is -2.35. The summed E-state index contributed by atoms with van der Waals surface area (Å²) in [7, 11) is 0. The Labute approximate surface area is 80.5 Å². The van der Waals surface area contributed by atoms with Gasteiger partial charge in [0.1, 0.15) is 0 Å². The Balaban J connectivity index is 2.35. The van der Waals surface area contributed by atoms with E-state index < -0.39 is 0 Å². The van der Waals surface area contributed by atoms with Gasteiger partial charge in [0.2, 0.25) is 0 Å². The van der Waals surface area contributed by atoms with Gasteiger partial charge in [0.15, 0.2) is 0 Å². The van der Waals surface area contributed by atoms with E-state index in [0.717, 1.165) is 19.4 Å². The Morgan fingerprint density at radius 3 is 3.00 bits per heavy atom. The highest BCUT2D eigenvalue weighted by Crippen LogP contribution is 2.14. The summed E-state index contributed by atoms with van der Waals surface area (Å²) in [5, 5.41) is 0. The van der Waals surface area contributed by atoms with Gasteiger partial charge in [-0.05, 0) is 26.7 Å². The first-order valence-corrected chi connectivity index (χ1v) is 4.97. The molecular formula is C10H20N2O. The Bertz CT molecular complexity index is 178. The maximum atomic E-state index is 5.00. The van der Waals surface area contributed by atoms with E-state index in [-0.39, 0.29) is 0 Å². The van der Waals surface area contributed by atoms with Gasteiger partial charge in [-0.3, -0.25) is 4.90 Å². The topological polar surface area (TPSA) is 38.5 Å². The fraction of sp³-hybridized carbons (Fsp3) is 0.800. The van der Waals surface area contributed by atoms with E-state index in [9.17, 15) is 0 Å². The monoisotopic (exact) mass is 184 g/mol. The minimum Gasteiger partial charge on any atom is -0.304 e. The summed E-state index contributed by atoms with van der Waals surface area (Å²) in [6.45, 7) is 7.38. The zero-order chi connectivity index (χ0) is 9.68. The van der Waals surface area contributed by atoms with Crippen LogP contribution in [0.2, 0.25) is 0 Å². The predicted octanol–water partition coefficient (Wildman–Crippen LogP) is 1.31. The summed E-state index contributed by atoms with van der Waals surface area (Å²) in [5.74, 6) is 5.00. The number of rotatable bonds is 4. The minimum atomic E-state index is 0.637. The third-order valence-corrected chi connectivity index (χ3v) is 2.53. The van der Waals surface area contributed by atoms with Crippen molar-refractivity contribution >= 4 is 0 Å². The second-order valence-electron chi connectivity index (χ2n) is 3.84. The molecule has 0 spiro atoms. The molecule has 1 heterocycles. The molecule has 0 aromatic rings. The van der Waals surface area contributed by atoms with Crippen molar-refractivity contribution in [2.45, 2.75) is 32.7 Å². The van der Waals surface area contributed by atoms with Crippen molar-refractivity contribution in [3.8, 4) is 0 Å². The first kappa shape index (κ1) is 10.7. The Morgan fingerprint density at radius 2 is 2.38 bits per heavy atom. The standard InChI is InChI=1S/C10H20N2O/c1-9(2)12-6-3-4-10(8-12)5-7-13-11/h4,9H,3,5-8,11H2,1-2H3. The van der Waals surface area contributed by atoms with E-state index in [2.05, 4.69) is 29.7 Å². The lowest BCUT2D eigenvalue weighted by Gasteiger charge is -2.30. The Kier molecular flexibility index (Phi) is 4.42. The van der Waals surface area contributed by atoms with E-state index in [4.69, 9.17) is 5.90 Å². The van der Waals surface area contributed by atoms with Gasteiger partial charge in [-0.15, -0.1) is 0 Å². The normalized spacial score (nSPS) is 19.2.